The zero-order chi connectivity index (χ0) is 20.1. The normalized spacial score (nSPS) is 14.7. The van der Waals surface area contributed by atoms with E-state index in [2.05, 4.69) is 22.0 Å². The number of thiophene rings is 1. The zero-order valence-corrected chi connectivity index (χ0v) is 17.4. The van der Waals surface area contributed by atoms with E-state index in [1.807, 2.05) is 54.3 Å². The SMILES string of the molecule is Cc1ccc(C(=O)N2CCN(Cc3ccc(OCc4ccccn4)cc3)CC2)s1. The number of benzene rings is 1. The van der Waals surface area contributed by atoms with E-state index in [0.717, 1.165) is 49.0 Å². The molecule has 0 saturated carbocycles. The summed E-state index contributed by atoms with van der Waals surface area (Å²) in [5.74, 6) is 1.01. The molecular formula is C23H25N3O2S. The van der Waals surface area contributed by atoms with Gasteiger partial charge in [0.1, 0.15) is 12.4 Å². The molecule has 0 N–H and O–H groups in total. The van der Waals surface area contributed by atoms with Crippen molar-refractivity contribution >= 4 is 17.2 Å². The highest BCUT2D eigenvalue weighted by Gasteiger charge is 2.23. The van der Waals surface area contributed by atoms with Gasteiger partial charge in [0, 0.05) is 43.8 Å². The van der Waals surface area contributed by atoms with Crippen molar-refractivity contribution < 1.29 is 9.53 Å². The van der Waals surface area contributed by atoms with Gasteiger partial charge < -0.3 is 9.64 Å². The number of rotatable bonds is 6. The minimum atomic E-state index is 0.164. The zero-order valence-electron chi connectivity index (χ0n) is 16.6. The summed E-state index contributed by atoms with van der Waals surface area (Å²) in [6, 6.07) is 18.0. The molecule has 0 aliphatic carbocycles. The summed E-state index contributed by atoms with van der Waals surface area (Å²) < 4.78 is 5.80. The first-order chi connectivity index (χ1) is 14.2. The topological polar surface area (TPSA) is 45.7 Å². The van der Waals surface area contributed by atoms with Gasteiger partial charge in [-0.1, -0.05) is 18.2 Å². The molecule has 1 saturated heterocycles. The summed E-state index contributed by atoms with van der Waals surface area (Å²) in [6.07, 6.45) is 1.77. The Balaban J connectivity index is 1.24. The lowest BCUT2D eigenvalue weighted by atomic mass is 10.2. The fourth-order valence-corrected chi connectivity index (χ4v) is 4.24. The standard InChI is InChI=1S/C23H25N3O2S/c1-18-5-10-22(29-18)23(27)26-14-12-25(13-15-26)16-19-6-8-21(9-7-19)28-17-20-4-2-3-11-24-20/h2-11H,12-17H2,1H3. The number of piperazine rings is 1. The fraction of sp³-hybridized carbons (Fsp3) is 0.304. The maximum Gasteiger partial charge on any atom is 0.264 e. The number of aromatic nitrogens is 1. The van der Waals surface area contributed by atoms with Crippen molar-refractivity contribution in [1.82, 2.24) is 14.8 Å². The molecule has 0 unspecified atom stereocenters. The second-order valence-corrected chi connectivity index (χ2v) is 8.52. The number of ether oxygens (including phenoxy) is 1. The predicted molar refractivity (Wildman–Crippen MR) is 115 cm³/mol. The van der Waals surface area contributed by atoms with E-state index < -0.39 is 0 Å². The van der Waals surface area contributed by atoms with Crippen molar-refractivity contribution in [2.24, 2.45) is 0 Å². The van der Waals surface area contributed by atoms with Crippen molar-refractivity contribution in [3.63, 3.8) is 0 Å². The van der Waals surface area contributed by atoms with Crippen LogP contribution in [0.3, 0.4) is 0 Å². The molecule has 5 nitrogen and oxygen atoms in total. The fourth-order valence-electron chi connectivity index (χ4n) is 3.40. The van der Waals surface area contributed by atoms with Crippen LogP contribution in [0.4, 0.5) is 0 Å². The first kappa shape index (κ1) is 19.6. The molecule has 0 radical (unpaired) electrons. The molecule has 29 heavy (non-hydrogen) atoms. The third kappa shape index (κ3) is 5.22. The molecule has 2 aromatic heterocycles. The lowest BCUT2D eigenvalue weighted by Crippen LogP contribution is -2.48. The highest BCUT2D eigenvalue weighted by Crippen LogP contribution is 2.19. The molecule has 0 bridgehead atoms. The predicted octanol–water partition coefficient (Wildman–Crippen LogP) is 3.99. The highest BCUT2D eigenvalue weighted by molar-refractivity contribution is 7.13. The Bertz CT molecular complexity index is 932. The smallest absolute Gasteiger partial charge is 0.264 e. The van der Waals surface area contributed by atoms with Crippen molar-refractivity contribution in [1.29, 1.82) is 0 Å². The van der Waals surface area contributed by atoms with Crippen LogP contribution in [0, 0.1) is 6.92 Å². The highest BCUT2D eigenvalue weighted by atomic mass is 32.1. The number of amides is 1. The number of nitrogens with zero attached hydrogens (tertiary/aromatic N) is 3. The van der Waals surface area contributed by atoms with Crippen LogP contribution in [0.1, 0.15) is 25.8 Å². The van der Waals surface area contributed by atoms with Crippen LogP contribution in [0.5, 0.6) is 5.75 Å². The molecule has 4 rings (SSSR count). The van der Waals surface area contributed by atoms with Crippen LogP contribution in [0.25, 0.3) is 0 Å². The number of pyridine rings is 1. The van der Waals surface area contributed by atoms with Gasteiger partial charge >= 0.3 is 0 Å². The molecule has 1 aliphatic heterocycles. The van der Waals surface area contributed by atoms with Gasteiger partial charge in [0.15, 0.2) is 0 Å². The molecule has 0 spiro atoms. The van der Waals surface area contributed by atoms with Gasteiger partial charge in [0.2, 0.25) is 0 Å². The van der Waals surface area contributed by atoms with Gasteiger partial charge in [0.05, 0.1) is 10.6 Å². The van der Waals surface area contributed by atoms with E-state index in [0.29, 0.717) is 6.61 Å². The molecular weight excluding hydrogens is 382 g/mol. The van der Waals surface area contributed by atoms with E-state index in [1.165, 1.54) is 10.4 Å². The maximum absolute atomic E-state index is 12.6. The van der Waals surface area contributed by atoms with E-state index in [-0.39, 0.29) is 5.91 Å². The molecule has 1 amide bonds. The van der Waals surface area contributed by atoms with Gasteiger partial charge in [-0.15, -0.1) is 11.3 Å². The van der Waals surface area contributed by atoms with Gasteiger partial charge in [-0.2, -0.15) is 0 Å². The van der Waals surface area contributed by atoms with E-state index in [4.69, 9.17) is 4.74 Å². The first-order valence-corrected chi connectivity index (χ1v) is 10.7. The first-order valence-electron chi connectivity index (χ1n) is 9.87. The Morgan fingerprint density at radius 1 is 1.03 bits per heavy atom. The van der Waals surface area contributed by atoms with Gasteiger partial charge in [-0.25, -0.2) is 0 Å². The third-order valence-corrected chi connectivity index (χ3v) is 6.04. The van der Waals surface area contributed by atoms with E-state index in [9.17, 15) is 4.79 Å². The summed E-state index contributed by atoms with van der Waals surface area (Å²) in [6.45, 7) is 6.75. The second kappa shape index (κ2) is 9.20. The summed E-state index contributed by atoms with van der Waals surface area (Å²) in [7, 11) is 0. The van der Waals surface area contributed by atoms with E-state index in [1.54, 1.807) is 17.5 Å². The number of carbonyl (C=O) groups excluding carboxylic acids is 1. The molecule has 3 aromatic rings. The Labute approximate surface area is 175 Å². The Morgan fingerprint density at radius 2 is 1.83 bits per heavy atom. The van der Waals surface area contributed by atoms with Crippen LogP contribution >= 0.6 is 11.3 Å². The van der Waals surface area contributed by atoms with Gasteiger partial charge in [-0.3, -0.25) is 14.7 Å². The third-order valence-electron chi connectivity index (χ3n) is 5.05. The van der Waals surface area contributed by atoms with Gasteiger partial charge in [-0.05, 0) is 48.9 Å². The largest absolute Gasteiger partial charge is 0.487 e. The van der Waals surface area contributed by atoms with E-state index >= 15 is 0 Å². The molecule has 1 aliphatic rings. The summed E-state index contributed by atoms with van der Waals surface area (Å²) >= 11 is 1.58. The molecule has 3 heterocycles. The van der Waals surface area contributed by atoms with Crippen molar-refractivity contribution in [3.05, 3.63) is 81.8 Å². The van der Waals surface area contributed by atoms with Crippen LogP contribution in [0.2, 0.25) is 0 Å². The maximum atomic E-state index is 12.6. The average molecular weight is 408 g/mol. The van der Waals surface area contributed by atoms with Crippen LogP contribution < -0.4 is 4.74 Å². The average Bonchev–Trinajstić information content (AvgIpc) is 3.20. The van der Waals surface area contributed by atoms with Gasteiger partial charge in [0.25, 0.3) is 5.91 Å². The Kier molecular flexibility index (Phi) is 6.22. The summed E-state index contributed by atoms with van der Waals surface area (Å²) in [5, 5.41) is 0. The van der Waals surface area contributed by atoms with Crippen molar-refractivity contribution in [3.8, 4) is 5.75 Å². The number of carbonyl (C=O) groups is 1. The molecule has 150 valence electrons. The quantitative estimate of drug-likeness (QED) is 0.620. The van der Waals surface area contributed by atoms with Crippen LogP contribution in [0.15, 0.2) is 60.8 Å². The number of hydrogen-bond acceptors (Lipinski definition) is 5. The van der Waals surface area contributed by atoms with Crippen molar-refractivity contribution in [2.45, 2.75) is 20.1 Å². The molecule has 0 atom stereocenters. The summed E-state index contributed by atoms with van der Waals surface area (Å²) in [4.78, 5) is 23.2. The Morgan fingerprint density at radius 3 is 2.48 bits per heavy atom. The molecule has 1 fully saturated rings. The monoisotopic (exact) mass is 407 g/mol. The number of aryl methyl sites for hydroxylation is 1. The van der Waals surface area contributed by atoms with Crippen molar-refractivity contribution in [2.75, 3.05) is 26.2 Å². The minimum absolute atomic E-state index is 0.164. The molecule has 6 heteroatoms. The minimum Gasteiger partial charge on any atom is -0.487 e. The van der Waals surface area contributed by atoms with Crippen LogP contribution in [-0.4, -0.2) is 46.9 Å². The molecule has 1 aromatic carbocycles. The second-order valence-electron chi connectivity index (χ2n) is 7.23. The summed E-state index contributed by atoms with van der Waals surface area (Å²) in [5.41, 5.74) is 2.17. The Hall–Kier alpha value is -2.70. The number of hydrogen-bond donors (Lipinski definition) is 0. The lowest BCUT2D eigenvalue weighted by Gasteiger charge is -2.34. The lowest BCUT2D eigenvalue weighted by molar-refractivity contribution is 0.0633. The van der Waals surface area contributed by atoms with Crippen LogP contribution in [-0.2, 0) is 13.2 Å².